The zero-order valence-electron chi connectivity index (χ0n) is 10.9. The van der Waals surface area contributed by atoms with Crippen molar-refractivity contribution in [2.45, 2.75) is 0 Å². The average Bonchev–Trinajstić information content (AvgIpc) is 2.49. The summed E-state index contributed by atoms with van der Waals surface area (Å²) < 4.78 is 0. The molecule has 3 nitrogen and oxygen atoms in total. The zero-order valence-corrected chi connectivity index (χ0v) is 12.4. The monoisotopic (exact) mass is 319 g/mol. The SMILES string of the molecule is O=C(Nc1cc(Cl)ccc1Cl)c1ccccc1C#CCO. The fraction of sp³-hybridized carbons (Fsp3) is 0.0625. The highest BCUT2D eigenvalue weighted by atomic mass is 35.5. The lowest BCUT2D eigenvalue weighted by atomic mass is 10.1. The highest BCUT2D eigenvalue weighted by Gasteiger charge is 2.12. The van der Waals surface area contributed by atoms with Crippen LogP contribution in [0.5, 0.6) is 0 Å². The van der Waals surface area contributed by atoms with Gasteiger partial charge >= 0.3 is 0 Å². The topological polar surface area (TPSA) is 49.3 Å². The number of hydrogen-bond acceptors (Lipinski definition) is 2. The number of hydrogen-bond donors (Lipinski definition) is 2. The van der Waals surface area contributed by atoms with Gasteiger partial charge in [-0.3, -0.25) is 4.79 Å². The smallest absolute Gasteiger partial charge is 0.256 e. The average molecular weight is 320 g/mol. The first-order valence-corrected chi connectivity index (χ1v) is 6.82. The van der Waals surface area contributed by atoms with Gasteiger partial charge in [0.25, 0.3) is 5.91 Å². The van der Waals surface area contributed by atoms with Crippen molar-refractivity contribution < 1.29 is 9.90 Å². The highest BCUT2D eigenvalue weighted by Crippen LogP contribution is 2.26. The van der Waals surface area contributed by atoms with Gasteiger partial charge in [0.15, 0.2) is 0 Å². The molecule has 2 rings (SSSR count). The van der Waals surface area contributed by atoms with E-state index in [1.807, 2.05) is 0 Å². The Hall–Kier alpha value is -1.99. The van der Waals surface area contributed by atoms with E-state index in [9.17, 15) is 4.79 Å². The Kier molecular flexibility index (Phi) is 5.24. The van der Waals surface area contributed by atoms with Crippen LogP contribution < -0.4 is 5.32 Å². The summed E-state index contributed by atoms with van der Waals surface area (Å²) >= 11 is 11.9. The molecule has 5 heteroatoms. The third-order valence-corrected chi connectivity index (χ3v) is 3.22. The Morgan fingerprint density at radius 3 is 2.71 bits per heavy atom. The van der Waals surface area contributed by atoms with Crippen LogP contribution in [-0.2, 0) is 0 Å². The maximum Gasteiger partial charge on any atom is 0.256 e. The van der Waals surface area contributed by atoms with Gasteiger partial charge in [-0.25, -0.2) is 0 Å². The molecule has 1 amide bonds. The summed E-state index contributed by atoms with van der Waals surface area (Å²) in [5, 5.41) is 12.3. The minimum absolute atomic E-state index is 0.268. The van der Waals surface area contributed by atoms with Crippen molar-refractivity contribution in [1.82, 2.24) is 0 Å². The van der Waals surface area contributed by atoms with Gasteiger partial charge in [-0.15, -0.1) is 0 Å². The van der Waals surface area contributed by atoms with Gasteiger partial charge in [0, 0.05) is 10.6 Å². The molecule has 2 N–H and O–H groups in total. The quantitative estimate of drug-likeness (QED) is 0.831. The first-order chi connectivity index (χ1) is 10.1. The number of aliphatic hydroxyl groups excluding tert-OH is 1. The lowest BCUT2D eigenvalue weighted by molar-refractivity contribution is 0.102. The molecule has 106 valence electrons. The molecule has 21 heavy (non-hydrogen) atoms. The number of halogens is 2. The van der Waals surface area contributed by atoms with Crippen molar-refractivity contribution >= 4 is 34.8 Å². The van der Waals surface area contributed by atoms with Gasteiger partial charge in [-0.2, -0.15) is 0 Å². The van der Waals surface area contributed by atoms with E-state index >= 15 is 0 Å². The summed E-state index contributed by atoms with van der Waals surface area (Å²) in [6.45, 7) is -0.268. The number of rotatable bonds is 2. The Morgan fingerprint density at radius 1 is 1.19 bits per heavy atom. The second kappa shape index (κ2) is 7.14. The van der Waals surface area contributed by atoms with Crippen LogP contribution in [-0.4, -0.2) is 17.6 Å². The highest BCUT2D eigenvalue weighted by molar-refractivity contribution is 6.35. The van der Waals surface area contributed by atoms with Crippen LogP contribution in [0.2, 0.25) is 10.0 Å². The van der Waals surface area contributed by atoms with Crippen LogP contribution in [0, 0.1) is 11.8 Å². The lowest BCUT2D eigenvalue weighted by Crippen LogP contribution is -2.13. The maximum atomic E-state index is 12.3. The Bertz CT molecular complexity index is 733. The number of benzene rings is 2. The summed E-state index contributed by atoms with van der Waals surface area (Å²) in [7, 11) is 0. The van der Waals surface area contributed by atoms with E-state index in [2.05, 4.69) is 17.2 Å². The van der Waals surface area contributed by atoms with Crippen molar-refractivity contribution in [3.05, 3.63) is 63.6 Å². The van der Waals surface area contributed by atoms with E-state index in [1.165, 1.54) is 0 Å². The molecule has 2 aromatic rings. The van der Waals surface area contributed by atoms with Crippen LogP contribution >= 0.6 is 23.2 Å². The second-order valence-corrected chi connectivity index (χ2v) is 4.93. The molecule has 2 aromatic carbocycles. The molecule has 0 aliphatic carbocycles. The molecule has 0 heterocycles. The molecular weight excluding hydrogens is 309 g/mol. The van der Waals surface area contributed by atoms with E-state index < -0.39 is 0 Å². The second-order valence-electron chi connectivity index (χ2n) is 4.08. The van der Waals surface area contributed by atoms with Crippen LogP contribution in [0.3, 0.4) is 0 Å². The van der Waals surface area contributed by atoms with Crippen molar-refractivity contribution in [1.29, 1.82) is 0 Å². The molecule has 0 fully saturated rings. The van der Waals surface area contributed by atoms with Crippen molar-refractivity contribution in [2.75, 3.05) is 11.9 Å². The first kappa shape index (κ1) is 15.4. The van der Waals surface area contributed by atoms with Crippen molar-refractivity contribution in [2.24, 2.45) is 0 Å². The minimum atomic E-state index is -0.345. The molecule has 0 aliphatic heterocycles. The molecular formula is C16H11Cl2NO2. The normalized spacial score (nSPS) is 9.67. The van der Waals surface area contributed by atoms with Gasteiger partial charge in [-0.05, 0) is 30.3 Å². The van der Waals surface area contributed by atoms with Gasteiger partial charge in [0.2, 0.25) is 0 Å². The molecule has 0 saturated carbocycles. The number of carbonyl (C=O) groups excluding carboxylic acids is 1. The maximum absolute atomic E-state index is 12.3. The third-order valence-electron chi connectivity index (χ3n) is 2.65. The standard InChI is InChI=1S/C16H11Cl2NO2/c17-12-7-8-14(18)15(10-12)19-16(21)13-6-2-1-4-11(13)5-3-9-20/h1-2,4,6-8,10,20H,9H2,(H,19,21). The summed E-state index contributed by atoms with van der Waals surface area (Å²) in [6, 6.07) is 11.7. The number of amides is 1. The van der Waals surface area contributed by atoms with Gasteiger partial charge in [-0.1, -0.05) is 47.2 Å². The summed E-state index contributed by atoms with van der Waals surface area (Å²) in [4.78, 5) is 12.3. The fourth-order valence-corrected chi connectivity index (χ4v) is 2.04. The Morgan fingerprint density at radius 2 is 1.95 bits per heavy atom. The molecule has 0 aromatic heterocycles. The summed E-state index contributed by atoms with van der Waals surface area (Å²) in [5.41, 5.74) is 1.36. The number of carbonyl (C=O) groups is 1. The number of aliphatic hydroxyl groups is 1. The molecule has 0 bridgehead atoms. The zero-order chi connectivity index (χ0) is 15.2. The molecule has 0 radical (unpaired) electrons. The Balaban J connectivity index is 2.31. The largest absolute Gasteiger partial charge is 0.384 e. The lowest BCUT2D eigenvalue weighted by Gasteiger charge is -2.09. The molecule has 0 unspecified atom stereocenters. The van der Waals surface area contributed by atoms with E-state index in [1.54, 1.807) is 42.5 Å². The van der Waals surface area contributed by atoms with E-state index in [4.69, 9.17) is 28.3 Å². The van der Waals surface area contributed by atoms with Crippen LogP contribution in [0.1, 0.15) is 15.9 Å². The number of nitrogens with one attached hydrogen (secondary N) is 1. The molecule has 0 saturated heterocycles. The Labute approximate surface area is 132 Å². The first-order valence-electron chi connectivity index (χ1n) is 6.07. The van der Waals surface area contributed by atoms with Gasteiger partial charge < -0.3 is 10.4 Å². The number of anilines is 1. The molecule has 0 aliphatic rings. The molecule has 0 spiro atoms. The van der Waals surface area contributed by atoms with E-state index in [0.717, 1.165) is 0 Å². The third kappa shape index (κ3) is 3.99. The van der Waals surface area contributed by atoms with Gasteiger partial charge in [0.1, 0.15) is 6.61 Å². The predicted octanol–water partition coefficient (Wildman–Crippen LogP) is 3.59. The van der Waals surface area contributed by atoms with E-state index in [-0.39, 0.29) is 12.5 Å². The minimum Gasteiger partial charge on any atom is -0.384 e. The summed E-state index contributed by atoms with van der Waals surface area (Å²) in [6.07, 6.45) is 0. The fourth-order valence-electron chi connectivity index (χ4n) is 1.71. The summed E-state index contributed by atoms with van der Waals surface area (Å²) in [5.74, 6) is 4.91. The van der Waals surface area contributed by atoms with Crippen LogP contribution in [0.25, 0.3) is 0 Å². The van der Waals surface area contributed by atoms with Crippen molar-refractivity contribution in [3.63, 3.8) is 0 Å². The van der Waals surface area contributed by atoms with Gasteiger partial charge in [0.05, 0.1) is 16.3 Å². The predicted molar refractivity (Wildman–Crippen MR) is 84.8 cm³/mol. The van der Waals surface area contributed by atoms with Crippen LogP contribution in [0.15, 0.2) is 42.5 Å². The van der Waals surface area contributed by atoms with E-state index in [0.29, 0.717) is 26.9 Å². The van der Waals surface area contributed by atoms with Crippen molar-refractivity contribution in [3.8, 4) is 11.8 Å². The van der Waals surface area contributed by atoms with Crippen LogP contribution in [0.4, 0.5) is 5.69 Å². The molecule has 0 atom stereocenters.